The molecule has 2 amide bonds. The number of likely N-dealkylation sites (tertiary alicyclic amines) is 1. The first-order valence-corrected chi connectivity index (χ1v) is 9.09. The highest BCUT2D eigenvalue weighted by atomic mass is 35.5. The Balaban J connectivity index is 1.62. The van der Waals surface area contributed by atoms with E-state index in [-0.39, 0.29) is 23.5 Å². The molecule has 1 heterocycles. The average Bonchev–Trinajstić information content (AvgIpc) is 2.69. The van der Waals surface area contributed by atoms with Gasteiger partial charge in [0.15, 0.2) is 0 Å². The van der Waals surface area contributed by atoms with Crippen molar-refractivity contribution in [1.29, 1.82) is 0 Å². The van der Waals surface area contributed by atoms with Crippen LogP contribution in [0.15, 0.2) is 42.5 Å². The molecule has 0 saturated carbocycles. The van der Waals surface area contributed by atoms with Gasteiger partial charge in [0.1, 0.15) is 11.5 Å². The number of carbonyl (C=O) groups is 2. The van der Waals surface area contributed by atoms with E-state index in [2.05, 4.69) is 5.32 Å². The number of nitrogens with zero attached hydrogens (tertiary/aromatic N) is 1. The van der Waals surface area contributed by atoms with Crippen molar-refractivity contribution in [2.24, 2.45) is 5.92 Å². The first-order valence-electron chi connectivity index (χ1n) is 8.71. The van der Waals surface area contributed by atoms with Crippen molar-refractivity contribution in [2.75, 3.05) is 25.5 Å². The molecule has 0 atom stereocenters. The summed E-state index contributed by atoms with van der Waals surface area (Å²) in [5, 5.41) is 13.0. The highest BCUT2D eigenvalue weighted by Gasteiger charge is 2.29. The topological polar surface area (TPSA) is 78.9 Å². The summed E-state index contributed by atoms with van der Waals surface area (Å²) < 4.78 is 5.26. The average molecular weight is 389 g/mol. The Morgan fingerprint density at radius 2 is 1.89 bits per heavy atom. The van der Waals surface area contributed by atoms with Crippen LogP contribution >= 0.6 is 11.6 Å². The van der Waals surface area contributed by atoms with Crippen molar-refractivity contribution in [3.8, 4) is 11.5 Å². The molecule has 1 fully saturated rings. The minimum absolute atomic E-state index is 0.0338. The Kier molecular flexibility index (Phi) is 5.86. The molecule has 0 aliphatic carbocycles. The van der Waals surface area contributed by atoms with Crippen molar-refractivity contribution in [3.63, 3.8) is 0 Å². The smallest absolute Gasteiger partial charge is 0.257 e. The molecule has 1 saturated heterocycles. The molecular formula is C20H21ClN2O4. The summed E-state index contributed by atoms with van der Waals surface area (Å²) >= 11 is 6.01. The van der Waals surface area contributed by atoms with Gasteiger partial charge >= 0.3 is 0 Å². The summed E-state index contributed by atoms with van der Waals surface area (Å²) in [6.07, 6.45) is 1.10. The minimum atomic E-state index is -0.213. The van der Waals surface area contributed by atoms with Crippen LogP contribution in [0.25, 0.3) is 0 Å². The van der Waals surface area contributed by atoms with Gasteiger partial charge < -0.3 is 20.1 Å². The van der Waals surface area contributed by atoms with E-state index in [1.807, 2.05) is 0 Å². The normalized spacial score (nSPS) is 14.7. The van der Waals surface area contributed by atoms with Gasteiger partial charge in [0.25, 0.3) is 5.91 Å². The number of piperidine rings is 1. The first kappa shape index (κ1) is 19.0. The number of carbonyl (C=O) groups excluding carboxylic acids is 2. The SMILES string of the molecule is COc1ccc(Cl)cc1C(=O)N1CCC(C(=O)Nc2ccccc2O)CC1. The van der Waals surface area contributed by atoms with Gasteiger partial charge in [-0.25, -0.2) is 0 Å². The number of benzene rings is 2. The van der Waals surface area contributed by atoms with E-state index in [9.17, 15) is 14.7 Å². The fourth-order valence-corrected chi connectivity index (χ4v) is 3.35. The molecule has 0 unspecified atom stereocenters. The van der Waals surface area contributed by atoms with Gasteiger partial charge in [-0.3, -0.25) is 9.59 Å². The Hall–Kier alpha value is -2.73. The number of aromatic hydroxyl groups is 1. The quantitative estimate of drug-likeness (QED) is 0.785. The van der Waals surface area contributed by atoms with Gasteiger partial charge in [0.05, 0.1) is 18.4 Å². The van der Waals surface area contributed by atoms with Gasteiger partial charge in [-0.15, -0.1) is 0 Å². The highest BCUT2D eigenvalue weighted by molar-refractivity contribution is 6.31. The number of phenolic OH excluding ortho intramolecular Hbond substituents is 1. The Labute approximate surface area is 162 Å². The molecule has 0 aromatic heterocycles. The largest absolute Gasteiger partial charge is 0.506 e. The van der Waals surface area contributed by atoms with Gasteiger partial charge in [0.2, 0.25) is 5.91 Å². The standard InChI is InChI=1S/C20H21ClN2O4/c1-27-18-7-6-14(21)12-15(18)20(26)23-10-8-13(9-11-23)19(25)22-16-4-2-3-5-17(16)24/h2-7,12-13,24H,8-11H2,1H3,(H,22,25). The molecule has 6 nitrogen and oxygen atoms in total. The molecule has 1 aliphatic rings. The molecule has 0 bridgehead atoms. The molecular weight excluding hydrogens is 368 g/mol. The Bertz CT molecular complexity index is 848. The van der Waals surface area contributed by atoms with Crippen LogP contribution in [0.4, 0.5) is 5.69 Å². The number of para-hydroxylation sites is 2. The lowest BCUT2D eigenvalue weighted by molar-refractivity contribution is -0.121. The van der Waals surface area contributed by atoms with Crippen LogP contribution in [0.2, 0.25) is 5.02 Å². The third-order valence-electron chi connectivity index (χ3n) is 4.71. The van der Waals surface area contributed by atoms with Crippen molar-refractivity contribution in [1.82, 2.24) is 4.90 Å². The van der Waals surface area contributed by atoms with E-state index in [4.69, 9.17) is 16.3 Å². The lowest BCUT2D eigenvalue weighted by Gasteiger charge is -2.31. The molecule has 27 heavy (non-hydrogen) atoms. The Morgan fingerprint density at radius 3 is 2.56 bits per heavy atom. The third-order valence-corrected chi connectivity index (χ3v) is 4.94. The number of nitrogens with one attached hydrogen (secondary N) is 1. The summed E-state index contributed by atoms with van der Waals surface area (Å²) in [7, 11) is 1.51. The molecule has 142 valence electrons. The van der Waals surface area contributed by atoms with E-state index in [0.29, 0.717) is 48.0 Å². The summed E-state index contributed by atoms with van der Waals surface area (Å²) in [6, 6.07) is 11.6. The summed E-state index contributed by atoms with van der Waals surface area (Å²) in [5.74, 6) is -0.0110. The zero-order valence-electron chi connectivity index (χ0n) is 14.9. The number of rotatable bonds is 4. The van der Waals surface area contributed by atoms with E-state index < -0.39 is 0 Å². The van der Waals surface area contributed by atoms with Crippen molar-refractivity contribution in [3.05, 3.63) is 53.1 Å². The van der Waals surface area contributed by atoms with Crippen molar-refractivity contribution < 1.29 is 19.4 Å². The summed E-state index contributed by atoms with van der Waals surface area (Å²) in [5.41, 5.74) is 0.812. The third kappa shape index (κ3) is 4.34. The minimum Gasteiger partial charge on any atom is -0.506 e. The van der Waals surface area contributed by atoms with Gasteiger partial charge in [-0.05, 0) is 43.2 Å². The van der Waals surface area contributed by atoms with E-state index in [0.717, 1.165) is 0 Å². The molecule has 7 heteroatoms. The Morgan fingerprint density at radius 1 is 1.19 bits per heavy atom. The lowest BCUT2D eigenvalue weighted by atomic mass is 9.95. The van der Waals surface area contributed by atoms with Gasteiger partial charge in [0, 0.05) is 24.0 Å². The second-order valence-corrected chi connectivity index (χ2v) is 6.85. The van der Waals surface area contributed by atoms with Crippen LogP contribution in [0.1, 0.15) is 23.2 Å². The molecule has 0 radical (unpaired) electrons. The van der Waals surface area contributed by atoms with Gasteiger partial charge in [-0.1, -0.05) is 23.7 Å². The van der Waals surface area contributed by atoms with Crippen LogP contribution < -0.4 is 10.1 Å². The van der Waals surface area contributed by atoms with Gasteiger partial charge in [-0.2, -0.15) is 0 Å². The van der Waals surface area contributed by atoms with Crippen molar-refractivity contribution in [2.45, 2.75) is 12.8 Å². The number of halogens is 1. The number of anilines is 1. The maximum absolute atomic E-state index is 12.8. The highest BCUT2D eigenvalue weighted by Crippen LogP contribution is 2.28. The lowest BCUT2D eigenvalue weighted by Crippen LogP contribution is -2.41. The second kappa shape index (κ2) is 8.31. The molecule has 3 rings (SSSR count). The van der Waals surface area contributed by atoms with Crippen LogP contribution in [-0.4, -0.2) is 42.0 Å². The summed E-state index contributed by atoms with van der Waals surface area (Å²) in [6.45, 7) is 0.931. The van der Waals surface area contributed by atoms with Crippen LogP contribution in [0, 0.1) is 5.92 Å². The number of amides is 2. The van der Waals surface area contributed by atoms with E-state index in [1.165, 1.54) is 13.2 Å². The van der Waals surface area contributed by atoms with E-state index >= 15 is 0 Å². The number of hydrogen-bond acceptors (Lipinski definition) is 4. The fraction of sp³-hybridized carbons (Fsp3) is 0.300. The van der Waals surface area contributed by atoms with Crippen molar-refractivity contribution >= 4 is 29.1 Å². The molecule has 1 aliphatic heterocycles. The van der Waals surface area contributed by atoms with Crippen LogP contribution in [0.3, 0.4) is 0 Å². The predicted molar refractivity (Wildman–Crippen MR) is 103 cm³/mol. The van der Waals surface area contributed by atoms with Crippen LogP contribution in [-0.2, 0) is 4.79 Å². The maximum atomic E-state index is 12.8. The fourth-order valence-electron chi connectivity index (χ4n) is 3.18. The second-order valence-electron chi connectivity index (χ2n) is 6.42. The molecule has 2 aromatic rings. The zero-order valence-corrected chi connectivity index (χ0v) is 15.7. The molecule has 2 N–H and O–H groups in total. The van der Waals surface area contributed by atoms with E-state index in [1.54, 1.807) is 41.3 Å². The monoisotopic (exact) mass is 388 g/mol. The predicted octanol–water partition coefficient (Wildman–Crippen LogP) is 3.55. The summed E-state index contributed by atoms with van der Waals surface area (Å²) in [4.78, 5) is 27.0. The zero-order chi connectivity index (χ0) is 19.4. The number of ether oxygens (including phenoxy) is 1. The molecule has 2 aromatic carbocycles. The molecule has 0 spiro atoms. The first-order chi connectivity index (χ1) is 13.0. The maximum Gasteiger partial charge on any atom is 0.257 e. The number of methoxy groups -OCH3 is 1. The van der Waals surface area contributed by atoms with Crippen LogP contribution in [0.5, 0.6) is 11.5 Å². The number of phenols is 1. The number of hydrogen-bond donors (Lipinski definition) is 2.